The number of amides is 1. The lowest BCUT2D eigenvalue weighted by Crippen LogP contribution is -2.38. The van der Waals surface area contributed by atoms with Gasteiger partial charge in [-0.1, -0.05) is 19.9 Å². The van der Waals surface area contributed by atoms with Crippen molar-refractivity contribution >= 4 is 5.91 Å². The molecule has 2 aromatic heterocycles. The van der Waals surface area contributed by atoms with Crippen LogP contribution in [0, 0.1) is 5.92 Å². The molecule has 2 rings (SSSR count). The Bertz CT molecular complexity index is 694. The first kappa shape index (κ1) is 14.9. The van der Waals surface area contributed by atoms with Crippen LogP contribution in [0.3, 0.4) is 0 Å². The summed E-state index contributed by atoms with van der Waals surface area (Å²) >= 11 is 0. The van der Waals surface area contributed by atoms with Crippen LogP contribution in [0.15, 0.2) is 35.3 Å². The molecule has 0 radical (unpaired) electrons. The zero-order chi connectivity index (χ0) is 15.4. The molecule has 0 aliphatic carbocycles. The van der Waals surface area contributed by atoms with E-state index >= 15 is 0 Å². The number of aromatic nitrogens is 3. The van der Waals surface area contributed by atoms with Gasteiger partial charge in [0.05, 0.1) is 5.69 Å². The quantitative estimate of drug-likeness (QED) is 0.486. The summed E-state index contributed by atoms with van der Waals surface area (Å²) in [5.74, 6) is 4.70. The molecule has 3 N–H and O–H groups in total. The molecule has 21 heavy (non-hydrogen) atoms. The van der Waals surface area contributed by atoms with E-state index in [4.69, 9.17) is 5.84 Å². The van der Waals surface area contributed by atoms with Gasteiger partial charge >= 0.3 is 0 Å². The highest BCUT2D eigenvalue weighted by Gasteiger charge is 2.16. The lowest BCUT2D eigenvalue weighted by Gasteiger charge is -2.11. The molecule has 0 aliphatic rings. The van der Waals surface area contributed by atoms with Crippen LogP contribution in [0.2, 0.25) is 0 Å². The van der Waals surface area contributed by atoms with E-state index in [2.05, 4.69) is 10.1 Å². The van der Waals surface area contributed by atoms with Crippen LogP contribution < -0.4 is 16.8 Å². The number of nitrogens with two attached hydrogens (primary N) is 1. The molecule has 110 valence electrons. The van der Waals surface area contributed by atoms with E-state index in [0.717, 1.165) is 0 Å². The summed E-state index contributed by atoms with van der Waals surface area (Å²) in [6.45, 7) is 4.33. The first-order valence-electron chi connectivity index (χ1n) is 6.57. The summed E-state index contributed by atoms with van der Waals surface area (Å²) in [6, 6.07) is 6.76. The van der Waals surface area contributed by atoms with Crippen LogP contribution >= 0.6 is 0 Å². The third kappa shape index (κ3) is 3.32. The van der Waals surface area contributed by atoms with Crippen LogP contribution in [0.5, 0.6) is 0 Å². The van der Waals surface area contributed by atoms with Crippen LogP contribution in [0.1, 0.15) is 24.2 Å². The van der Waals surface area contributed by atoms with Gasteiger partial charge in [-0.15, -0.1) is 0 Å². The molecule has 2 heterocycles. The first-order valence-corrected chi connectivity index (χ1v) is 6.57. The molecule has 0 aromatic carbocycles. The van der Waals surface area contributed by atoms with Gasteiger partial charge in [0.15, 0.2) is 0 Å². The van der Waals surface area contributed by atoms with Crippen molar-refractivity contribution in [2.45, 2.75) is 20.4 Å². The highest BCUT2D eigenvalue weighted by atomic mass is 16.2. The number of hydrazine groups is 1. The van der Waals surface area contributed by atoms with Gasteiger partial charge in [-0.25, -0.2) is 10.5 Å². The van der Waals surface area contributed by atoms with E-state index in [1.54, 1.807) is 18.3 Å². The summed E-state index contributed by atoms with van der Waals surface area (Å²) in [7, 11) is 0. The maximum absolute atomic E-state index is 12.3. The maximum Gasteiger partial charge on any atom is 0.279 e. The van der Waals surface area contributed by atoms with Crippen molar-refractivity contribution in [2.24, 2.45) is 11.8 Å². The number of pyridine rings is 1. The smallest absolute Gasteiger partial charge is 0.279 e. The van der Waals surface area contributed by atoms with Gasteiger partial charge in [0.1, 0.15) is 11.3 Å². The summed E-state index contributed by atoms with van der Waals surface area (Å²) in [5.41, 5.74) is 2.50. The second-order valence-corrected chi connectivity index (χ2v) is 5.01. The van der Waals surface area contributed by atoms with Crippen molar-refractivity contribution in [1.29, 1.82) is 0 Å². The predicted molar refractivity (Wildman–Crippen MR) is 78.2 cm³/mol. The van der Waals surface area contributed by atoms with Gasteiger partial charge in [-0.3, -0.25) is 20.0 Å². The summed E-state index contributed by atoms with van der Waals surface area (Å²) in [5, 5.41) is 4.28. The highest BCUT2D eigenvalue weighted by Crippen LogP contribution is 2.13. The zero-order valence-electron chi connectivity index (χ0n) is 11.9. The average molecular weight is 287 g/mol. The fourth-order valence-electron chi connectivity index (χ4n) is 1.89. The molecule has 0 saturated heterocycles. The minimum atomic E-state index is -0.642. The molecule has 2 aromatic rings. The lowest BCUT2D eigenvalue weighted by molar-refractivity contribution is 0.0951. The van der Waals surface area contributed by atoms with Crippen LogP contribution in [0.25, 0.3) is 11.4 Å². The monoisotopic (exact) mass is 287 g/mol. The fourth-order valence-corrected chi connectivity index (χ4v) is 1.89. The predicted octanol–water partition coefficient (Wildman–Crippen LogP) is 0.565. The van der Waals surface area contributed by atoms with E-state index < -0.39 is 11.5 Å². The first-order chi connectivity index (χ1) is 10.0. The van der Waals surface area contributed by atoms with Crippen molar-refractivity contribution in [2.75, 3.05) is 0 Å². The summed E-state index contributed by atoms with van der Waals surface area (Å²) in [6.07, 6.45) is 1.62. The molecular formula is C14H17N5O2. The Labute approximate surface area is 121 Å². The Hall–Kier alpha value is -2.54. The molecule has 0 fully saturated rings. The van der Waals surface area contributed by atoms with Gasteiger partial charge in [0, 0.05) is 12.7 Å². The van der Waals surface area contributed by atoms with E-state index in [9.17, 15) is 9.59 Å². The number of rotatable bonds is 4. The molecule has 0 spiro atoms. The fraction of sp³-hybridized carbons (Fsp3) is 0.286. The largest absolute Gasteiger partial charge is 0.290 e. The Morgan fingerprint density at radius 1 is 1.38 bits per heavy atom. The van der Waals surface area contributed by atoms with Gasteiger partial charge in [0.25, 0.3) is 11.5 Å². The van der Waals surface area contributed by atoms with Gasteiger partial charge in [-0.2, -0.15) is 5.10 Å². The van der Waals surface area contributed by atoms with Crippen molar-refractivity contribution in [3.63, 3.8) is 0 Å². The lowest BCUT2D eigenvalue weighted by atomic mass is 10.2. The van der Waals surface area contributed by atoms with E-state index in [0.29, 0.717) is 17.9 Å². The van der Waals surface area contributed by atoms with E-state index in [1.807, 2.05) is 25.3 Å². The molecule has 0 atom stereocenters. The Balaban J connectivity index is 2.62. The molecule has 0 aliphatic heterocycles. The third-order valence-electron chi connectivity index (χ3n) is 2.82. The molecule has 0 bridgehead atoms. The standard InChI is InChI=1S/C14H17N5O2/c1-9(2)8-19-14(21)10(13(20)17-15)7-12(18-19)11-5-3-4-6-16-11/h3-7,9H,8,15H2,1-2H3,(H,17,20). The van der Waals surface area contributed by atoms with E-state index in [1.165, 1.54) is 10.7 Å². The summed E-state index contributed by atoms with van der Waals surface area (Å²) in [4.78, 5) is 28.2. The van der Waals surface area contributed by atoms with Gasteiger partial charge < -0.3 is 0 Å². The molecule has 0 saturated carbocycles. The summed E-state index contributed by atoms with van der Waals surface area (Å²) < 4.78 is 1.28. The third-order valence-corrected chi connectivity index (χ3v) is 2.82. The number of nitrogens with one attached hydrogen (secondary N) is 1. The number of hydrogen-bond acceptors (Lipinski definition) is 5. The number of nitrogen functional groups attached to an aromatic ring is 1. The number of carbonyl (C=O) groups excluding carboxylic acids is 1. The Morgan fingerprint density at radius 3 is 2.71 bits per heavy atom. The van der Waals surface area contributed by atoms with Crippen molar-refractivity contribution in [3.8, 4) is 11.4 Å². The molecule has 0 unspecified atom stereocenters. The maximum atomic E-state index is 12.3. The Morgan fingerprint density at radius 2 is 2.14 bits per heavy atom. The van der Waals surface area contributed by atoms with Crippen molar-refractivity contribution < 1.29 is 4.79 Å². The number of nitrogens with zero attached hydrogens (tertiary/aromatic N) is 3. The SMILES string of the molecule is CC(C)Cn1nc(-c2ccccn2)cc(C(=O)NN)c1=O. The highest BCUT2D eigenvalue weighted by molar-refractivity contribution is 5.94. The van der Waals surface area contributed by atoms with Crippen molar-refractivity contribution in [3.05, 3.63) is 46.4 Å². The minimum Gasteiger partial charge on any atom is -0.290 e. The number of carbonyl (C=O) groups is 1. The van der Waals surface area contributed by atoms with Crippen LogP contribution in [-0.2, 0) is 6.54 Å². The molecule has 7 nitrogen and oxygen atoms in total. The second kappa shape index (κ2) is 6.27. The van der Waals surface area contributed by atoms with Gasteiger partial charge in [0.2, 0.25) is 0 Å². The average Bonchev–Trinajstić information content (AvgIpc) is 2.49. The zero-order valence-corrected chi connectivity index (χ0v) is 11.9. The van der Waals surface area contributed by atoms with Gasteiger partial charge in [-0.05, 0) is 24.1 Å². The number of hydrogen-bond donors (Lipinski definition) is 2. The van der Waals surface area contributed by atoms with Crippen LogP contribution in [-0.4, -0.2) is 20.7 Å². The van der Waals surface area contributed by atoms with Crippen LogP contribution in [0.4, 0.5) is 0 Å². The normalized spacial score (nSPS) is 10.7. The molecule has 1 amide bonds. The molecular weight excluding hydrogens is 270 g/mol. The molecule has 7 heteroatoms. The minimum absolute atomic E-state index is 0.0474. The second-order valence-electron chi connectivity index (χ2n) is 5.01. The van der Waals surface area contributed by atoms with Crippen molar-refractivity contribution in [1.82, 2.24) is 20.2 Å². The topological polar surface area (TPSA) is 103 Å². The Kier molecular flexibility index (Phi) is 4.44. The van der Waals surface area contributed by atoms with E-state index in [-0.39, 0.29) is 11.5 Å².